The molecule has 0 aromatic rings. The van der Waals surface area contributed by atoms with E-state index in [4.69, 9.17) is 0 Å². The second kappa shape index (κ2) is 8.43. The molecule has 0 heterocycles. The summed E-state index contributed by atoms with van der Waals surface area (Å²) in [5.41, 5.74) is 0. The molecule has 0 nitrogen and oxygen atoms in total. The Bertz CT molecular complexity index is 183. The fourth-order valence-electron chi connectivity index (χ4n) is 0.784. The van der Waals surface area contributed by atoms with Gasteiger partial charge in [0.05, 0.1) is 0 Å². The Morgan fingerprint density at radius 1 is 1.31 bits per heavy atom. The molecule has 0 saturated carbocycles. The summed E-state index contributed by atoms with van der Waals surface area (Å²) in [6.45, 7) is 6.66. The number of allylic oxidation sites excluding steroid dienone is 3. The summed E-state index contributed by atoms with van der Waals surface area (Å²) in [5, 5.41) is 0. The van der Waals surface area contributed by atoms with Gasteiger partial charge in [-0.3, -0.25) is 6.08 Å². The van der Waals surface area contributed by atoms with E-state index in [1.165, 1.54) is 4.91 Å². The second-order valence-electron chi connectivity index (χ2n) is 3.36. The Balaban J connectivity index is -0.000000333. The van der Waals surface area contributed by atoms with Crippen LogP contribution in [0.3, 0.4) is 0 Å². The zero-order valence-electron chi connectivity index (χ0n) is 8.03. The van der Waals surface area contributed by atoms with Crippen molar-refractivity contribution in [1.82, 2.24) is 0 Å². The van der Waals surface area contributed by atoms with Gasteiger partial charge >= 0.3 is 21.7 Å². The van der Waals surface area contributed by atoms with Crippen molar-refractivity contribution in [3.63, 3.8) is 0 Å². The molecule has 4 heteroatoms. The Kier molecular flexibility index (Phi) is 12.8. The van der Waals surface area contributed by atoms with Crippen molar-refractivity contribution in [2.24, 2.45) is 0 Å². The Labute approximate surface area is 113 Å². The minimum atomic E-state index is 0. The molecule has 0 atom stereocenters. The third-order valence-corrected chi connectivity index (χ3v) is 2.19. The van der Waals surface area contributed by atoms with Gasteiger partial charge in [0.2, 0.25) is 0 Å². The molecule has 13 heavy (non-hydrogen) atoms. The maximum absolute atomic E-state index is 3.28. The summed E-state index contributed by atoms with van der Waals surface area (Å²) in [6.07, 6.45) is 8.58. The third-order valence-electron chi connectivity index (χ3n) is 1.08. The largest absolute Gasteiger partial charge is 3.00 e. The Hall–Kier alpha value is 1.12. The van der Waals surface area contributed by atoms with Gasteiger partial charge in [-0.25, -0.2) is 6.08 Å². The van der Waals surface area contributed by atoms with Gasteiger partial charge in [0.1, 0.15) is 0 Å². The summed E-state index contributed by atoms with van der Waals surface area (Å²) in [4.78, 5) is 1.30. The number of rotatable bonds is 1. The van der Waals surface area contributed by atoms with Crippen LogP contribution in [0.15, 0.2) is 17.1 Å². The van der Waals surface area contributed by atoms with Crippen molar-refractivity contribution in [2.45, 2.75) is 31.9 Å². The van der Waals surface area contributed by atoms with Crippen molar-refractivity contribution < 1.29 is 46.5 Å². The Morgan fingerprint density at radius 3 is 2.15 bits per heavy atom. The van der Waals surface area contributed by atoms with E-state index in [1.807, 2.05) is 11.8 Å². The van der Waals surface area contributed by atoms with Gasteiger partial charge in [-0.1, -0.05) is 20.8 Å². The minimum absolute atomic E-state index is 0. The van der Waals surface area contributed by atoms with Gasteiger partial charge in [0.25, 0.3) is 0 Å². The van der Waals surface area contributed by atoms with E-state index >= 15 is 0 Å². The number of hydrogen-bond donors (Lipinski definition) is 0. The molecule has 0 aliphatic heterocycles. The van der Waals surface area contributed by atoms with Crippen LogP contribution < -0.4 is 24.8 Å². The fraction of sp³-hybridized carbons (Fsp3) is 0.556. The van der Waals surface area contributed by atoms with Crippen LogP contribution >= 0.6 is 11.8 Å². The van der Waals surface area contributed by atoms with Crippen molar-refractivity contribution >= 4 is 11.8 Å². The Morgan fingerprint density at radius 2 is 1.85 bits per heavy atom. The van der Waals surface area contributed by atoms with Crippen LogP contribution in [-0.4, -0.2) is 4.75 Å². The summed E-state index contributed by atoms with van der Waals surface area (Å²) in [6, 6.07) is 0. The van der Waals surface area contributed by atoms with E-state index in [9.17, 15) is 0 Å². The fourth-order valence-corrected chi connectivity index (χ4v) is 1.76. The summed E-state index contributed by atoms with van der Waals surface area (Å²) in [7, 11) is 0. The standard InChI is InChI=1S/C9H13S.2ClH.Ti/c1-9(2,3)10-8-6-4-5-7-8;;;/h4,6H,5H2,1-3H3;2*1H;/q-1;;;+3/p-2. The van der Waals surface area contributed by atoms with E-state index < -0.39 is 0 Å². The van der Waals surface area contributed by atoms with Crippen molar-refractivity contribution in [3.05, 3.63) is 23.1 Å². The average molecular weight is 272 g/mol. The van der Waals surface area contributed by atoms with Crippen LogP contribution in [0.4, 0.5) is 0 Å². The summed E-state index contributed by atoms with van der Waals surface area (Å²) >= 11 is 1.88. The van der Waals surface area contributed by atoms with Crippen LogP contribution in [0.2, 0.25) is 0 Å². The summed E-state index contributed by atoms with van der Waals surface area (Å²) < 4.78 is 0.330. The molecule has 0 unspecified atom stereocenters. The zero-order chi connectivity index (χ0) is 7.61. The van der Waals surface area contributed by atoms with E-state index in [2.05, 4.69) is 39.0 Å². The monoisotopic (exact) mass is 271 g/mol. The SMILES string of the molecule is CC(C)(C)SC1=[C-]CC=C1.[Cl-].[Cl-].[Ti+3]. The predicted octanol–water partition coefficient (Wildman–Crippen LogP) is -2.83. The van der Waals surface area contributed by atoms with Gasteiger partial charge in [-0.2, -0.15) is 22.7 Å². The molecule has 0 spiro atoms. The van der Waals surface area contributed by atoms with Crippen LogP contribution in [0.5, 0.6) is 0 Å². The molecule has 1 aliphatic rings. The van der Waals surface area contributed by atoms with Crippen LogP contribution in [0, 0.1) is 6.08 Å². The molecule has 0 bridgehead atoms. The first-order valence-corrected chi connectivity index (χ1v) is 4.36. The van der Waals surface area contributed by atoms with Crippen molar-refractivity contribution in [1.29, 1.82) is 0 Å². The van der Waals surface area contributed by atoms with E-state index in [0.29, 0.717) is 4.75 Å². The van der Waals surface area contributed by atoms with Crippen molar-refractivity contribution in [2.75, 3.05) is 0 Å². The first kappa shape index (κ1) is 19.7. The van der Waals surface area contributed by atoms with Gasteiger partial charge in [0.15, 0.2) is 0 Å². The van der Waals surface area contributed by atoms with Crippen molar-refractivity contribution in [3.8, 4) is 0 Å². The van der Waals surface area contributed by atoms with Gasteiger partial charge in [0, 0.05) is 4.75 Å². The van der Waals surface area contributed by atoms with Crippen LogP contribution in [0.25, 0.3) is 0 Å². The topological polar surface area (TPSA) is 0 Å². The first-order chi connectivity index (χ1) is 4.58. The molecular formula is C9H13Cl2STi. The number of halogens is 2. The molecule has 0 amide bonds. The van der Waals surface area contributed by atoms with Crippen LogP contribution in [-0.2, 0) is 21.7 Å². The third kappa shape index (κ3) is 9.43. The van der Waals surface area contributed by atoms with E-state index in [0.717, 1.165) is 6.42 Å². The van der Waals surface area contributed by atoms with E-state index in [-0.39, 0.29) is 46.5 Å². The predicted molar refractivity (Wildman–Crippen MR) is 47.9 cm³/mol. The van der Waals surface area contributed by atoms with Gasteiger partial charge in [-0.15, -0.1) is 6.42 Å². The number of thioether (sulfide) groups is 1. The maximum atomic E-state index is 3.28. The molecule has 0 fully saturated rings. The number of hydrogen-bond acceptors (Lipinski definition) is 1. The second-order valence-corrected chi connectivity index (χ2v) is 5.23. The van der Waals surface area contributed by atoms with Gasteiger partial charge in [-0.05, 0) is 0 Å². The smallest absolute Gasteiger partial charge is 1.00 e. The molecule has 0 aromatic heterocycles. The molecule has 1 rings (SSSR count). The molecule has 0 aromatic carbocycles. The maximum Gasteiger partial charge on any atom is 3.00 e. The quantitative estimate of drug-likeness (QED) is 0.366. The zero-order valence-corrected chi connectivity index (χ0v) is 11.9. The normalized spacial score (nSPS) is 13.6. The molecule has 0 saturated heterocycles. The average Bonchev–Trinajstić information content (AvgIpc) is 2.12. The first-order valence-electron chi connectivity index (χ1n) is 3.54. The van der Waals surface area contributed by atoms with Gasteiger partial charge < -0.3 is 24.8 Å². The molecule has 1 aliphatic carbocycles. The van der Waals surface area contributed by atoms with E-state index in [1.54, 1.807) is 0 Å². The molecule has 73 valence electrons. The van der Waals surface area contributed by atoms with Crippen LogP contribution in [0.1, 0.15) is 27.2 Å². The molecular weight excluding hydrogens is 259 g/mol. The molecule has 1 radical (unpaired) electrons. The minimum Gasteiger partial charge on any atom is -1.00 e. The molecule has 0 N–H and O–H groups in total. The summed E-state index contributed by atoms with van der Waals surface area (Å²) in [5.74, 6) is 0.